The van der Waals surface area contributed by atoms with E-state index in [9.17, 15) is 36.5 Å². The van der Waals surface area contributed by atoms with E-state index in [-0.39, 0.29) is 38.5 Å². The van der Waals surface area contributed by atoms with Crippen molar-refractivity contribution in [2.24, 2.45) is 0 Å². The van der Waals surface area contributed by atoms with Crippen molar-refractivity contribution in [3.63, 3.8) is 0 Å². The number of nitrogens with zero attached hydrogens (tertiary/aromatic N) is 4. The normalized spacial score (nSPS) is 12.2. The molecule has 1 aromatic heterocycles. The van der Waals surface area contributed by atoms with Gasteiger partial charge in [0, 0.05) is 64.6 Å². The number of non-ortho nitro benzene ring substituents is 1. The highest BCUT2D eigenvalue weighted by Gasteiger charge is 2.31. The maximum Gasteiger partial charge on any atom is 0.416 e. The molecule has 0 saturated carbocycles. The first-order valence-electron chi connectivity index (χ1n) is 15.6. The van der Waals surface area contributed by atoms with Crippen LogP contribution in [-0.2, 0) is 45.1 Å². The number of halogens is 6. The Morgan fingerprint density at radius 3 is 1.69 bits per heavy atom. The maximum atomic E-state index is 13.5. The fourth-order valence-electron chi connectivity index (χ4n) is 5.35. The molecular weight excluding hydrogens is 652 g/mol. The fourth-order valence-corrected chi connectivity index (χ4v) is 5.35. The monoisotopic (exact) mass is 689 g/mol. The molecule has 49 heavy (non-hydrogen) atoms. The molecule has 2 N–H and O–H groups in total. The van der Waals surface area contributed by atoms with Gasteiger partial charge in [-0.25, -0.2) is 0 Å². The zero-order valence-corrected chi connectivity index (χ0v) is 26.6. The number of nitro groups is 1. The first-order valence-corrected chi connectivity index (χ1v) is 15.6. The highest BCUT2D eigenvalue weighted by atomic mass is 19.4. The predicted octanol–water partition coefficient (Wildman–Crippen LogP) is 7.20. The van der Waals surface area contributed by atoms with Crippen LogP contribution >= 0.6 is 0 Å². The Balaban J connectivity index is 1.56. The summed E-state index contributed by atoms with van der Waals surface area (Å²) in [6.07, 6.45) is -8.44. The zero-order chi connectivity index (χ0) is 35.4. The number of rotatable bonds is 17. The van der Waals surface area contributed by atoms with E-state index >= 15 is 0 Å². The minimum Gasteiger partial charge on any atom is -0.396 e. The standard InChI is InChI=1S/C35H37F6N5O3/c36-34(37,38)29-9-1-6-26(18-29)21-44(16-15-42-14-5-17-47)24-31-11-4-12-32(43-31)25-45(23-28-8-3-13-33(20-28)46(48)49)22-27-7-2-10-30(19-27)35(39,40)41/h1-4,6-13,18-20,42,47H,5,14-17,21-25H2. The fraction of sp³-hybridized carbons (Fsp3) is 0.343. The molecule has 0 aliphatic carbocycles. The van der Waals surface area contributed by atoms with Crippen molar-refractivity contribution >= 4 is 5.69 Å². The summed E-state index contributed by atoms with van der Waals surface area (Å²) in [4.78, 5) is 19.4. The van der Waals surface area contributed by atoms with Crippen molar-refractivity contribution in [3.05, 3.63) is 140 Å². The van der Waals surface area contributed by atoms with Crippen molar-refractivity contribution in [1.82, 2.24) is 20.1 Å². The second-order valence-electron chi connectivity index (χ2n) is 11.6. The number of aliphatic hydroxyl groups excluding tert-OH is 1. The van der Waals surface area contributed by atoms with Gasteiger partial charge < -0.3 is 10.4 Å². The average Bonchev–Trinajstić information content (AvgIpc) is 3.04. The van der Waals surface area contributed by atoms with Crippen LogP contribution in [-0.4, -0.2) is 51.1 Å². The number of hydrogen-bond acceptors (Lipinski definition) is 7. The van der Waals surface area contributed by atoms with Gasteiger partial charge in [0.1, 0.15) is 0 Å². The molecular formula is C35H37F6N5O3. The molecule has 4 aromatic rings. The maximum absolute atomic E-state index is 13.5. The van der Waals surface area contributed by atoms with Gasteiger partial charge in [-0.05, 0) is 53.9 Å². The third kappa shape index (κ3) is 12.2. The molecule has 0 atom stereocenters. The van der Waals surface area contributed by atoms with Crippen LogP contribution in [0.1, 0.15) is 45.6 Å². The van der Waals surface area contributed by atoms with Crippen molar-refractivity contribution in [2.75, 3.05) is 26.2 Å². The molecule has 4 rings (SSSR count). The highest BCUT2D eigenvalue weighted by Crippen LogP contribution is 2.31. The first kappa shape index (κ1) is 37.4. The molecule has 0 aliphatic heterocycles. The van der Waals surface area contributed by atoms with Gasteiger partial charge in [0.2, 0.25) is 0 Å². The summed E-state index contributed by atoms with van der Waals surface area (Å²) in [5.74, 6) is 0. The third-order valence-electron chi connectivity index (χ3n) is 7.60. The molecule has 0 fully saturated rings. The van der Waals surface area contributed by atoms with Gasteiger partial charge in [0.25, 0.3) is 5.69 Å². The number of nitrogens with one attached hydrogen (secondary N) is 1. The Kier molecular flexibility index (Phi) is 13.2. The molecule has 0 spiro atoms. The van der Waals surface area contributed by atoms with Crippen molar-refractivity contribution < 1.29 is 36.4 Å². The number of nitro benzene ring substituents is 1. The largest absolute Gasteiger partial charge is 0.416 e. The Morgan fingerprint density at radius 1 is 0.673 bits per heavy atom. The summed E-state index contributed by atoms with van der Waals surface area (Å²) in [5, 5.41) is 23.6. The Hall–Kier alpha value is -4.37. The third-order valence-corrected chi connectivity index (χ3v) is 7.60. The Labute approximate surface area is 280 Å². The van der Waals surface area contributed by atoms with Gasteiger partial charge in [0.15, 0.2) is 0 Å². The topological polar surface area (TPSA) is 94.8 Å². The van der Waals surface area contributed by atoms with Crippen LogP contribution in [0.2, 0.25) is 0 Å². The molecule has 1 heterocycles. The smallest absolute Gasteiger partial charge is 0.396 e. The highest BCUT2D eigenvalue weighted by molar-refractivity contribution is 5.34. The van der Waals surface area contributed by atoms with Crippen LogP contribution < -0.4 is 5.32 Å². The average molecular weight is 690 g/mol. The van der Waals surface area contributed by atoms with E-state index in [0.717, 1.165) is 24.3 Å². The molecule has 0 aliphatic rings. The van der Waals surface area contributed by atoms with Gasteiger partial charge in [-0.15, -0.1) is 0 Å². The van der Waals surface area contributed by atoms with Crippen molar-refractivity contribution in [1.29, 1.82) is 0 Å². The predicted molar refractivity (Wildman–Crippen MR) is 172 cm³/mol. The molecule has 0 unspecified atom stereocenters. The number of pyridine rings is 1. The van der Waals surface area contributed by atoms with E-state index < -0.39 is 28.4 Å². The lowest BCUT2D eigenvalue weighted by Crippen LogP contribution is -2.32. The number of benzene rings is 3. The molecule has 0 amide bonds. The molecule has 0 saturated heterocycles. The lowest BCUT2D eigenvalue weighted by molar-refractivity contribution is -0.384. The van der Waals surface area contributed by atoms with E-state index in [1.165, 1.54) is 24.3 Å². The van der Waals surface area contributed by atoms with Crippen LogP contribution in [0.5, 0.6) is 0 Å². The quantitative estimate of drug-likeness (QED) is 0.0524. The summed E-state index contributed by atoms with van der Waals surface area (Å²) in [7, 11) is 0. The lowest BCUT2D eigenvalue weighted by atomic mass is 10.1. The van der Waals surface area contributed by atoms with Crippen LogP contribution in [0, 0.1) is 10.1 Å². The van der Waals surface area contributed by atoms with E-state index in [2.05, 4.69) is 5.32 Å². The van der Waals surface area contributed by atoms with Gasteiger partial charge >= 0.3 is 12.4 Å². The van der Waals surface area contributed by atoms with E-state index in [0.29, 0.717) is 60.7 Å². The minimum atomic E-state index is -4.52. The molecule has 0 bridgehead atoms. The molecule has 262 valence electrons. The van der Waals surface area contributed by atoms with Crippen LogP contribution in [0.25, 0.3) is 0 Å². The van der Waals surface area contributed by atoms with Crippen LogP contribution in [0.4, 0.5) is 32.0 Å². The summed E-state index contributed by atoms with van der Waals surface area (Å²) in [6.45, 7) is 2.59. The van der Waals surface area contributed by atoms with E-state index in [4.69, 9.17) is 10.1 Å². The number of hydrogen-bond donors (Lipinski definition) is 2. The van der Waals surface area contributed by atoms with Gasteiger partial charge in [0.05, 0.1) is 27.4 Å². The van der Waals surface area contributed by atoms with Crippen LogP contribution in [0.3, 0.4) is 0 Å². The molecule has 3 aromatic carbocycles. The van der Waals surface area contributed by atoms with Crippen molar-refractivity contribution in [3.8, 4) is 0 Å². The number of aliphatic hydroxyl groups is 1. The number of aromatic nitrogens is 1. The summed E-state index contributed by atoms with van der Waals surface area (Å²) in [6, 6.07) is 21.5. The van der Waals surface area contributed by atoms with Gasteiger partial charge in [-0.2, -0.15) is 26.3 Å². The van der Waals surface area contributed by atoms with Crippen molar-refractivity contribution in [2.45, 2.75) is 51.5 Å². The second kappa shape index (κ2) is 17.3. The SMILES string of the molecule is O=[N+]([O-])c1cccc(CN(Cc2cccc(C(F)(F)F)c2)Cc2cccc(CN(CCNCCCO)Cc3cccc(C(F)(F)F)c3)n2)c1. The molecule has 14 heteroatoms. The summed E-state index contributed by atoms with van der Waals surface area (Å²) in [5.41, 5.74) is 1.07. The van der Waals surface area contributed by atoms with Crippen LogP contribution in [0.15, 0.2) is 91.0 Å². The molecule has 8 nitrogen and oxygen atoms in total. The zero-order valence-electron chi connectivity index (χ0n) is 26.6. The van der Waals surface area contributed by atoms with Gasteiger partial charge in [-0.1, -0.05) is 54.6 Å². The van der Waals surface area contributed by atoms with Gasteiger partial charge in [-0.3, -0.25) is 24.9 Å². The summed E-state index contributed by atoms with van der Waals surface area (Å²) < 4.78 is 80.5. The van der Waals surface area contributed by atoms with E-state index in [1.807, 2.05) is 9.80 Å². The summed E-state index contributed by atoms with van der Waals surface area (Å²) >= 11 is 0. The number of alkyl halides is 6. The second-order valence-corrected chi connectivity index (χ2v) is 11.6. The van der Waals surface area contributed by atoms with E-state index in [1.54, 1.807) is 42.5 Å². The lowest BCUT2D eigenvalue weighted by Gasteiger charge is -2.25. The minimum absolute atomic E-state index is 0.0314. The molecule has 0 radical (unpaired) electrons. The first-order chi connectivity index (χ1) is 23.3. The Bertz CT molecular complexity index is 1670. The Morgan fingerprint density at radius 2 is 1.16 bits per heavy atom.